The van der Waals surface area contributed by atoms with Crippen molar-refractivity contribution in [2.45, 2.75) is 50.9 Å². The van der Waals surface area contributed by atoms with Gasteiger partial charge in [-0.3, -0.25) is 0 Å². The minimum absolute atomic E-state index is 0.173. The van der Waals surface area contributed by atoms with Crippen LogP contribution in [0.3, 0.4) is 0 Å². The van der Waals surface area contributed by atoms with Crippen molar-refractivity contribution >= 4 is 0 Å². The molecule has 1 saturated heterocycles. The van der Waals surface area contributed by atoms with E-state index in [0.717, 1.165) is 38.7 Å². The molecule has 1 aliphatic heterocycles. The molecule has 20 heavy (non-hydrogen) atoms. The van der Waals surface area contributed by atoms with E-state index in [0.29, 0.717) is 11.7 Å². The van der Waals surface area contributed by atoms with Crippen molar-refractivity contribution in [3.8, 4) is 5.75 Å². The van der Waals surface area contributed by atoms with E-state index in [1.165, 1.54) is 6.07 Å². The number of ether oxygens (including phenoxy) is 2. The quantitative estimate of drug-likeness (QED) is 0.832. The smallest absolute Gasteiger partial charge is 0.387 e. The molecule has 3 nitrogen and oxygen atoms in total. The Balaban J connectivity index is 1.85. The van der Waals surface area contributed by atoms with Crippen LogP contribution < -0.4 is 10.5 Å². The topological polar surface area (TPSA) is 44.5 Å². The summed E-state index contributed by atoms with van der Waals surface area (Å²) in [7, 11) is 0. The number of para-hydroxylation sites is 1. The fourth-order valence-corrected chi connectivity index (χ4v) is 2.58. The normalized spacial score (nSPS) is 20.3. The number of hydrogen-bond acceptors (Lipinski definition) is 3. The third kappa shape index (κ3) is 4.42. The Bertz CT molecular complexity index is 409. The van der Waals surface area contributed by atoms with Crippen molar-refractivity contribution in [2.24, 2.45) is 5.73 Å². The van der Waals surface area contributed by atoms with Crippen molar-refractivity contribution < 1.29 is 18.3 Å². The van der Waals surface area contributed by atoms with Gasteiger partial charge < -0.3 is 15.2 Å². The first kappa shape index (κ1) is 15.2. The van der Waals surface area contributed by atoms with Gasteiger partial charge in [0, 0.05) is 18.2 Å². The first-order valence-corrected chi connectivity index (χ1v) is 7.07. The Hall–Kier alpha value is -1.20. The molecule has 112 valence electrons. The summed E-state index contributed by atoms with van der Waals surface area (Å²) in [6.45, 7) is -1.97. The summed E-state index contributed by atoms with van der Waals surface area (Å²) < 4.78 is 34.7. The van der Waals surface area contributed by atoms with E-state index in [4.69, 9.17) is 10.5 Å². The Morgan fingerprint density at radius 1 is 1.35 bits per heavy atom. The van der Waals surface area contributed by atoms with Crippen LogP contribution in [0.4, 0.5) is 8.78 Å². The van der Waals surface area contributed by atoms with Gasteiger partial charge in [-0.05, 0) is 38.2 Å². The molecule has 0 bridgehead atoms. The molecule has 0 radical (unpaired) electrons. The number of hydrogen-bond donors (Lipinski definition) is 1. The van der Waals surface area contributed by atoms with Crippen LogP contribution in [0.2, 0.25) is 0 Å². The highest BCUT2D eigenvalue weighted by molar-refractivity contribution is 5.35. The highest BCUT2D eigenvalue weighted by atomic mass is 19.3. The second-order valence-electron chi connectivity index (χ2n) is 5.09. The Morgan fingerprint density at radius 3 is 2.85 bits per heavy atom. The van der Waals surface area contributed by atoms with Gasteiger partial charge in [-0.1, -0.05) is 18.2 Å². The van der Waals surface area contributed by atoms with Crippen molar-refractivity contribution in [3.05, 3.63) is 29.8 Å². The summed E-state index contributed by atoms with van der Waals surface area (Å²) in [5.41, 5.74) is 6.73. The van der Waals surface area contributed by atoms with Gasteiger partial charge in [-0.2, -0.15) is 8.78 Å². The summed E-state index contributed by atoms with van der Waals surface area (Å²) >= 11 is 0. The Kier molecular flexibility index (Phi) is 5.73. The third-order valence-corrected chi connectivity index (χ3v) is 3.60. The number of nitrogens with two attached hydrogens (primary N) is 1. The average Bonchev–Trinajstić information content (AvgIpc) is 2.91. The number of benzene rings is 1. The minimum atomic E-state index is -2.82. The van der Waals surface area contributed by atoms with Gasteiger partial charge in [0.25, 0.3) is 0 Å². The molecule has 0 aliphatic carbocycles. The monoisotopic (exact) mass is 285 g/mol. The van der Waals surface area contributed by atoms with Gasteiger partial charge in [0.2, 0.25) is 0 Å². The van der Waals surface area contributed by atoms with Gasteiger partial charge in [0.15, 0.2) is 0 Å². The van der Waals surface area contributed by atoms with Gasteiger partial charge in [0.1, 0.15) is 5.75 Å². The summed E-state index contributed by atoms with van der Waals surface area (Å²) in [5, 5.41) is 0. The largest absolute Gasteiger partial charge is 0.434 e. The lowest BCUT2D eigenvalue weighted by Crippen LogP contribution is -2.14. The fraction of sp³-hybridized carbons (Fsp3) is 0.600. The third-order valence-electron chi connectivity index (χ3n) is 3.60. The molecular weight excluding hydrogens is 264 g/mol. The predicted octanol–water partition coefficient (Wildman–Crippen LogP) is 3.64. The molecule has 2 unspecified atom stereocenters. The minimum Gasteiger partial charge on any atom is -0.434 e. The van der Waals surface area contributed by atoms with Gasteiger partial charge >= 0.3 is 6.61 Å². The lowest BCUT2D eigenvalue weighted by Gasteiger charge is -2.17. The molecular formula is C15H21F2NO2. The van der Waals surface area contributed by atoms with Crippen LogP contribution in [-0.4, -0.2) is 19.3 Å². The van der Waals surface area contributed by atoms with E-state index in [1.54, 1.807) is 18.2 Å². The molecule has 1 fully saturated rings. The maximum atomic E-state index is 12.3. The zero-order chi connectivity index (χ0) is 14.4. The summed E-state index contributed by atoms with van der Waals surface area (Å²) in [6.07, 6.45) is 5.22. The zero-order valence-electron chi connectivity index (χ0n) is 11.4. The van der Waals surface area contributed by atoms with Crippen LogP contribution in [0.25, 0.3) is 0 Å². The van der Waals surface area contributed by atoms with E-state index >= 15 is 0 Å². The molecule has 1 aromatic carbocycles. The maximum absolute atomic E-state index is 12.3. The maximum Gasteiger partial charge on any atom is 0.387 e. The van der Waals surface area contributed by atoms with Crippen molar-refractivity contribution in [1.82, 2.24) is 0 Å². The van der Waals surface area contributed by atoms with Crippen molar-refractivity contribution in [2.75, 3.05) is 6.61 Å². The summed E-state index contributed by atoms with van der Waals surface area (Å²) in [6, 6.07) is 6.44. The molecule has 2 atom stereocenters. The van der Waals surface area contributed by atoms with Crippen molar-refractivity contribution in [1.29, 1.82) is 0 Å². The van der Waals surface area contributed by atoms with Crippen molar-refractivity contribution in [3.63, 3.8) is 0 Å². The molecule has 0 aromatic heterocycles. The van der Waals surface area contributed by atoms with Crippen LogP contribution in [0, 0.1) is 0 Å². The van der Waals surface area contributed by atoms with E-state index < -0.39 is 6.61 Å². The van der Waals surface area contributed by atoms with Crippen LogP contribution in [-0.2, 0) is 4.74 Å². The second kappa shape index (κ2) is 7.55. The summed E-state index contributed by atoms with van der Waals surface area (Å²) in [4.78, 5) is 0. The van der Waals surface area contributed by atoms with Gasteiger partial charge in [-0.15, -0.1) is 0 Å². The highest BCUT2D eigenvalue weighted by Crippen LogP contribution is 2.29. The molecule has 2 rings (SSSR count). The van der Waals surface area contributed by atoms with E-state index in [9.17, 15) is 8.78 Å². The molecule has 2 N–H and O–H groups in total. The van der Waals surface area contributed by atoms with Crippen LogP contribution in [0.1, 0.15) is 43.7 Å². The molecule has 1 aromatic rings. The number of alkyl halides is 2. The lowest BCUT2D eigenvalue weighted by atomic mass is 9.99. The fourth-order valence-electron chi connectivity index (χ4n) is 2.58. The number of halogens is 2. The molecule has 5 heteroatoms. The first-order chi connectivity index (χ1) is 9.66. The predicted molar refractivity (Wildman–Crippen MR) is 72.8 cm³/mol. The molecule has 0 spiro atoms. The Morgan fingerprint density at radius 2 is 2.15 bits per heavy atom. The lowest BCUT2D eigenvalue weighted by molar-refractivity contribution is -0.0506. The standard InChI is InChI=1S/C15H21F2NO2/c16-15(17)20-14-9-2-1-7-12(14)13(18)8-3-5-11-6-4-10-19-11/h1-2,7,9,11,13,15H,3-6,8,10,18H2. The van der Waals surface area contributed by atoms with Crippen LogP contribution in [0.15, 0.2) is 24.3 Å². The first-order valence-electron chi connectivity index (χ1n) is 7.07. The Labute approximate surface area is 118 Å². The second-order valence-corrected chi connectivity index (χ2v) is 5.09. The molecule has 0 saturated carbocycles. The highest BCUT2D eigenvalue weighted by Gasteiger charge is 2.18. The zero-order valence-corrected chi connectivity index (χ0v) is 11.4. The van der Waals surface area contributed by atoms with Gasteiger partial charge in [-0.25, -0.2) is 0 Å². The summed E-state index contributed by atoms with van der Waals surface area (Å²) in [5.74, 6) is 0.173. The molecule has 0 amide bonds. The van der Waals surface area contributed by atoms with E-state index in [1.807, 2.05) is 0 Å². The van der Waals surface area contributed by atoms with Gasteiger partial charge in [0.05, 0.1) is 6.10 Å². The van der Waals surface area contributed by atoms with E-state index in [2.05, 4.69) is 4.74 Å². The van der Waals surface area contributed by atoms with Crippen LogP contribution >= 0.6 is 0 Å². The number of rotatable bonds is 7. The molecule has 1 aliphatic rings. The SMILES string of the molecule is NC(CCCC1CCCO1)c1ccccc1OC(F)F. The molecule has 1 heterocycles. The average molecular weight is 285 g/mol. The van der Waals surface area contributed by atoms with E-state index in [-0.39, 0.29) is 11.8 Å². The van der Waals surface area contributed by atoms with Crippen LogP contribution in [0.5, 0.6) is 5.75 Å².